The van der Waals surface area contributed by atoms with Crippen molar-refractivity contribution in [3.63, 3.8) is 0 Å². The molecule has 0 nitrogen and oxygen atoms in total. The lowest BCUT2D eigenvalue weighted by atomic mass is 9.57. The van der Waals surface area contributed by atoms with Crippen LogP contribution in [-0.2, 0) is 0 Å². The molecule has 1 atom stereocenters. The van der Waals surface area contributed by atoms with Gasteiger partial charge in [0.2, 0.25) is 0 Å². The molecule has 0 bridgehead atoms. The van der Waals surface area contributed by atoms with Gasteiger partial charge in [0.1, 0.15) is 0 Å². The number of halogens is 4. The fourth-order valence-corrected chi connectivity index (χ4v) is 2.35. The summed E-state index contributed by atoms with van der Waals surface area (Å²) in [6, 6.07) is 7.25. The largest absolute Gasteiger partial charge is 0.204 e. The first-order valence-electron chi connectivity index (χ1n) is 6.90. The maximum Gasteiger partial charge on any atom is 0.173 e. The predicted molar refractivity (Wildman–Crippen MR) is 82.7 cm³/mol. The summed E-state index contributed by atoms with van der Waals surface area (Å²) in [5.41, 5.74) is 0.550. The maximum atomic E-state index is 13.9. The minimum absolute atomic E-state index is 0.126. The van der Waals surface area contributed by atoms with Gasteiger partial charge in [-0.2, -0.15) is 0 Å². The zero-order valence-electron chi connectivity index (χ0n) is 12.4. The van der Waals surface area contributed by atoms with Crippen LogP contribution in [0.1, 0.15) is 29.4 Å². The molecule has 0 saturated carbocycles. The minimum Gasteiger partial charge on any atom is -0.204 e. The first-order chi connectivity index (χ1) is 10.4. The second-order valence-corrected chi connectivity index (χ2v) is 5.34. The van der Waals surface area contributed by atoms with Crippen LogP contribution >= 0.6 is 0 Å². The van der Waals surface area contributed by atoms with E-state index >= 15 is 0 Å². The average Bonchev–Trinajstić information content (AvgIpc) is 2.55. The van der Waals surface area contributed by atoms with E-state index < -0.39 is 34.3 Å². The van der Waals surface area contributed by atoms with Gasteiger partial charge in [-0.25, -0.2) is 17.6 Å². The maximum absolute atomic E-state index is 13.9. The van der Waals surface area contributed by atoms with Gasteiger partial charge < -0.3 is 0 Å². The molecule has 0 heterocycles. The lowest BCUT2D eigenvalue weighted by Gasteiger charge is -2.14. The molecule has 114 valence electrons. The van der Waals surface area contributed by atoms with Crippen molar-refractivity contribution >= 4 is 18.8 Å². The highest BCUT2D eigenvalue weighted by molar-refractivity contribution is 6.55. The highest BCUT2D eigenvalue weighted by Crippen LogP contribution is 2.20. The molecule has 0 fully saturated rings. The van der Waals surface area contributed by atoms with Crippen LogP contribution < -0.4 is 5.46 Å². The summed E-state index contributed by atoms with van der Waals surface area (Å²) in [6.07, 6.45) is 1.68. The third-order valence-corrected chi connectivity index (χ3v) is 3.83. The van der Waals surface area contributed by atoms with Gasteiger partial charge in [0.25, 0.3) is 0 Å². The number of hydrogen-bond donors (Lipinski definition) is 0. The van der Waals surface area contributed by atoms with Crippen LogP contribution in [0.25, 0.3) is 6.08 Å². The third-order valence-electron chi connectivity index (χ3n) is 3.83. The molecule has 0 amide bonds. The highest BCUT2D eigenvalue weighted by Gasteiger charge is 2.25. The summed E-state index contributed by atoms with van der Waals surface area (Å²) < 4.78 is 55.0. The van der Waals surface area contributed by atoms with Crippen LogP contribution in [-0.4, -0.2) is 7.28 Å². The van der Waals surface area contributed by atoms with Crippen molar-refractivity contribution in [2.75, 3.05) is 0 Å². The molecule has 0 aliphatic rings. The second kappa shape index (κ2) is 6.38. The van der Waals surface area contributed by atoms with E-state index in [2.05, 4.69) is 6.58 Å². The molecule has 2 rings (SSSR count). The van der Waals surface area contributed by atoms with E-state index in [9.17, 15) is 17.6 Å². The van der Waals surface area contributed by atoms with Gasteiger partial charge >= 0.3 is 0 Å². The molecule has 22 heavy (non-hydrogen) atoms. The molecule has 2 aromatic rings. The molecule has 2 aromatic carbocycles. The summed E-state index contributed by atoms with van der Waals surface area (Å²) in [4.78, 5) is 0. The van der Waals surface area contributed by atoms with E-state index in [4.69, 9.17) is 0 Å². The Morgan fingerprint density at radius 3 is 1.91 bits per heavy atom. The molecule has 0 spiro atoms. The summed E-state index contributed by atoms with van der Waals surface area (Å²) in [7, 11) is -0.126. The van der Waals surface area contributed by atoms with Crippen molar-refractivity contribution in [1.82, 2.24) is 0 Å². The van der Waals surface area contributed by atoms with Gasteiger partial charge in [-0.05, 0) is 23.8 Å². The van der Waals surface area contributed by atoms with E-state index in [1.54, 1.807) is 25.1 Å². The topological polar surface area (TPSA) is 0 Å². The van der Waals surface area contributed by atoms with Gasteiger partial charge in [-0.1, -0.05) is 49.4 Å². The van der Waals surface area contributed by atoms with Crippen LogP contribution in [0.4, 0.5) is 17.6 Å². The van der Waals surface area contributed by atoms with Crippen molar-refractivity contribution in [2.45, 2.75) is 19.7 Å². The summed E-state index contributed by atoms with van der Waals surface area (Å²) in [5, 5.41) is 0. The molecule has 0 aromatic heterocycles. The summed E-state index contributed by atoms with van der Waals surface area (Å²) in [6.45, 7) is 6.40. The third kappa shape index (κ3) is 2.94. The van der Waals surface area contributed by atoms with Crippen LogP contribution in [0, 0.1) is 30.2 Å². The molecular formula is C17H15BF4. The van der Waals surface area contributed by atoms with Gasteiger partial charge in [0.05, 0.1) is 0 Å². The summed E-state index contributed by atoms with van der Waals surface area (Å²) in [5.74, 6) is -5.58. The first-order valence-corrected chi connectivity index (χ1v) is 6.90. The molecule has 0 saturated heterocycles. The molecule has 0 N–H and O–H groups in total. The first kappa shape index (κ1) is 16.3. The number of hydrogen-bond acceptors (Lipinski definition) is 0. The molecule has 1 unspecified atom stereocenters. The monoisotopic (exact) mass is 306 g/mol. The Balaban J connectivity index is 2.35. The fourth-order valence-electron chi connectivity index (χ4n) is 2.35. The Kier molecular flexibility index (Phi) is 4.74. The van der Waals surface area contributed by atoms with Crippen molar-refractivity contribution in [1.29, 1.82) is 0 Å². The number of benzene rings is 2. The lowest BCUT2D eigenvalue weighted by molar-refractivity contribution is 0.453. The SMILES string of the molecule is C=Cc1ccc(C(C)Bc2c(F)c(F)c(C)c(F)c2F)cc1. The quantitative estimate of drug-likeness (QED) is 0.455. The van der Waals surface area contributed by atoms with Gasteiger partial charge in [-0.3, -0.25) is 0 Å². The van der Waals surface area contributed by atoms with E-state index in [0.29, 0.717) is 0 Å². The van der Waals surface area contributed by atoms with Crippen molar-refractivity contribution in [3.8, 4) is 0 Å². The lowest BCUT2D eigenvalue weighted by Crippen LogP contribution is -2.30. The van der Waals surface area contributed by atoms with Gasteiger partial charge in [-0.15, -0.1) is 0 Å². The Labute approximate surface area is 127 Å². The van der Waals surface area contributed by atoms with Crippen molar-refractivity contribution in [3.05, 3.63) is 70.8 Å². The van der Waals surface area contributed by atoms with Crippen LogP contribution in [0.2, 0.25) is 0 Å². The van der Waals surface area contributed by atoms with E-state index in [0.717, 1.165) is 18.1 Å². The van der Waals surface area contributed by atoms with Crippen molar-refractivity contribution in [2.24, 2.45) is 0 Å². The number of rotatable bonds is 4. The fraction of sp³-hybridized carbons (Fsp3) is 0.176. The van der Waals surface area contributed by atoms with E-state index in [1.807, 2.05) is 12.1 Å². The molecule has 0 radical (unpaired) electrons. The van der Waals surface area contributed by atoms with Gasteiger partial charge in [0.15, 0.2) is 30.5 Å². The zero-order valence-corrected chi connectivity index (χ0v) is 12.4. The normalized spacial score (nSPS) is 12.1. The zero-order chi connectivity index (χ0) is 16.4. The highest BCUT2D eigenvalue weighted by atomic mass is 19.2. The Hall–Kier alpha value is -2.04. The van der Waals surface area contributed by atoms with E-state index in [-0.39, 0.29) is 13.1 Å². The average molecular weight is 306 g/mol. The van der Waals surface area contributed by atoms with Crippen LogP contribution in [0.3, 0.4) is 0 Å². The molecule has 5 heteroatoms. The molecular weight excluding hydrogens is 291 g/mol. The molecule has 0 aliphatic carbocycles. The van der Waals surface area contributed by atoms with Crippen LogP contribution in [0.5, 0.6) is 0 Å². The second-order valence-electron chi connectivity index (χ2n) is 5.34. The van der Waals surface area contributed by atoms with E-state index in [1.165, 1.54) is 0 Å². The predicted octanol–water partition coefficient (Wildman–Crippen LogP) is 4.02. The Bertz CT molecular complexity index is 679. The van der Waals surface area contributed by atoms with Crippen LogP contribution in [0.15, 0.2) is 30.8 Å². The Morgan fingerprint density at radius 1 is 0.955 bits per heavy atom. The summed E-state index contributed by atoms with van der Waals surface area (Å²) >= 11 is 0. The molecule has 0 aliphatic heterocycles. The standard InChI is InChI=1S/C17H15BF4/c1-4-11-5-7-12(8-6-11)10(3)18-13-16(21)14(19)9(2)15(20)17(13)22/h4-8,10,18H,1H2,2-3H3. The van der Waals surface area contributed by atoms with Crippen molar-refractivity contribution < 1.29 is 17.6 Å². The smallest absolute Gasteiger partial charge is 0.173 e. The van der Waals surface area contributed by atoms with Gasteiger partial charge in [0, 0.05) is 5.56 Å². The Morgan fingerprint density at radius 2 is 1.45 bits per heavy atom. The minimum atomic E-state index is -1.33.